The molecule has 0 bridgehead atoms. The molecule has 9 heteroatoms. The molecule has 1 saturated carbocycles. The molecule has 0 spiro atoms. The third-order valence-electron chi connectivity index (χ3n) is 3.35. The van der Waals surface area contributed by atoms with E-state index in [4.69, 9.17) is 10.8 Å². The van der Waals surface area contributed by atoms with Crippen molar-refractivity contribution in [1.29, 1.82) is 0 Å². The second kappa shape index (κ2) is 6.33. The van der Waals surface area contributed by atoms with Crippen molar-refractivity contribution in [2.24, 2.45) is 5.73 Å². The molecule has 9 nitrogen and oxygen atoms in total. The van der Waals surface area contributed by atoms with E-state index in [0.717, 1.165) is 30.4 Å². The Morgan fingerprint density at radius 2 is 1.95 bits per heavy atom. The number of aromatic nitrogens is 3. The summed E-state index contributed by atoms with van der Waals surface area (Å²) in [7, 11) is 0. The Morgan fingerprint density at radius 3 is 2.52 bits per heavy atom. The summed E-state index contributed by atoms with van der Waals surface area (Å²) in [5.74, 6) is -3.56. The van der Waals surface area contributed by atoms with E-state index in [1.807, 2.05) is 0 Å². The SMILES string of the molecule is NC(=O)c1nc(C(=O)O)nn1CC(=O)NC1CCCCC1. The molecule has 2 rings (SSSR count). The van der Waals surface area contributed by atoms with Gasteiger partial charge >= 0.3 is 5.97 Å². The molecule has 21 heavy (non-hydrogen) atoms. The number of carboxylic acid groups (broad SMARTS) is 1. The number of nitrogens with zero attached hydrogens (tertiary/aromatic N) is 3. The van der Waals surface area contributed by atoms with Gasteiger partial charge in [0.2, 0.25) is 11.7 Å². The van der Waals surface area contributed by atoms with Gasteiger partial charge in [0.1, 0.15) is 6.54 Å². The summed E-state index contributed by atoms with van der Waals surface area (Å²) in [6, 6.07) is 0.116. The van der Waals surface area contributed by atoms with Gasteiger partial charge in [-0.05, 0) is 12.8 Å². The van der Waals surface area contributed by atoms with Crippen LogP contribution in [-0.2, 0) is 11.3 Å². The number of hydrogen-bond acceptors (Lipinski definition) is 5. The normalized spacial score (nSPS) is 15.6. The molecule has 1 heterocycles. The number of carbonyl (C=O) groups excluding carboxylic acids is 2. The van der Waals surface area contributed by atoms with Crippen LogP contribution in [0.1, 0.15) is 53.3 Å². The zero-order chi connectivity index (χ0) is 15.4. The minimum atomic E-state index is -1.39. The third-order valence-corrected chi connectivity index (χ3v) is 3.35. The molecule has 0 aromatic carbocycles. The van der Waals surface area contributed by atoms with Crippen molar-refractivity contribution in [3.05, 3.63) is 11.6 Å². The molecule has 1 aliphatic carbocycles. The first-order valence-corrected chi connectivity index (χ1v) is 6.74. The standard InChI is InChI=1S/C12H17N5O4/c13-9(19)11-15-10(12(20)21)16-17(11)6-8(18)14-7-4-2-1-3-5-7/h7H,1-6H2,(H2,13,19)(H,14,18)(H,20,21). The van der Waals surface area contributed by atoms with E-state index in [1.165, 1.54) is 6.42 Å². The lowest BCUT2D eigenvalue weighted by Gasteiger charge is -2.22. The van der Waals surface area contributed by atoms with E-state index in [1.54, 1.807) is 0 Å². The molecule has 0 unspecified atom stereocenters. The molecular weight excluding hydrogens is 278 g/mol. The van der Waals surface area contributed by atoms with E-state index in [9.17, 15) is 14.4 Å². The predicted molar refractivity (Wildman–Crippen MR) is 70.5 cm³/mol. The van der Waals surface area contributed by atoms with Crippen LogP contribution in [-0.4, -0.2) is 43.7 Å². The molecule has 1 fully saturated rings. The van der Waals surface area contributed by atoms with Crippen LogP contribution in [0.2, 0.25) is 0 Å². The second-order valence-electron chi connectivity index (χ2n) is 4.99. The quantitative estimate of drug-likeness (QED) is 0.670. The smallest absolute Gasteiger partial charge is 0.375 e. The van der Waals surface area contributed by atoms with E-state index in [0.29, 0.717) is 0 Å². The van der Waals surface area contributed by atoms with Gasteiger partial charge in [0, 0.05) is 6.04 Å². The Bertz CT molecular complexity index is 562. The summed E-state index contributed by atoms with van der Waals surface area (Å²) in [6.45, 7) is -0.283. The Kier molecular flexibility index (Phi) is 4.51. The molecule has 0 radical (unpaired) electrons. The van der Waals surface area contributed by atoms with Crippen LogP contribution >= 0.6 is 0 Å². The Morgan fingerprint density at radius 1 is 1.29 bits per heavy atom. The first kappa shape index (κ1) is 14.9. The lowest BCUT2D eigenvalue weighted by atomic mass is 9.95. The van der Waals surface area contributed by atoms with Gasteiger partial charge in [-0.3, -0.25) is 9.59 Å². The van der Waals surface area contributed by atoms with Crippen molar-refractivity contribution >= 4 is 17.8 Å². The van der Waals surface area contributed by atoms with Crippen LogP contribution in [0.3, 0.4) is 0 Å². The van der Waals surface area contributed by atoms with E-state index in [2.05, 4.69) is 15.4 Å². The summed E-state index contributed by atoms with van der Waals surface area (Å²) in [4.78, 5) is 37.4. The highest BCUT2D eigenvalue weighted by molar-refractivity contribution is 5.91. The van der Waals surface area contributed by atoms with E-state index in [-0.39, 0.29) is 24.3 Å². The van der Waals surface area contributed by atoms with Crippen molar-refractivity contribution in [2.45, 2.75) is 44.7 Å². The van der Waals surface area contributed by atoms with Crippen LogP contribution in [0.25, 0.3) is 0 Å². The van der Waals surface area contributed by atoms with Gasteiger partial charge in [0.15, 0.2) is 0 Å². The molecular formula is C12H17N5O4. The summed E-state index contributed by atoms with van der Waals surface area (Å²) in [6.07, 6.45) is 5.16. The number of aromatic carboxylic acids is 1. The maximum atomic E-state index is 11.9. The van der Waals surface area contributed by atoms with Crippen molar-refractivity contribution in [3.8, 4) is 0 Å². The van der Waals surface area contributed by atoms with Crippen LogP contribution in [0.15, 0.2) is 0 Å². The summed E-state index contributed by atoms with van der Waals surface area (Å²) >= 11 is 0. The number of nitrogens with two attached hydrogens (primary N) is 1. The summed E-state index contributed by atoms with van der Waals surface area (Å²) in [5.41, 5.74) is 5.10. The molecule has 0 aliphatic heterocycles. The maximum absolute atomic E-state index is 11.9. The number of carboxylic acids is 1. The Balaban J connectivity index is 2.05. The number of primary amides is 1. The molecule has 0 atom stereocenters. The van der Waals surface area contributed by atoms with Crippen molar-refractivity contribution in [3.63, 3.8) is 0 Å². The van der Waals surface area contributed by atoms with Crippen LogP contribution in [0, 0.1) is 0 Å². The largest absolute Gasteiger partial charge is 0.475 e. The zero-order valence-corrected chi connectivity index (χ0v) is 11.4. The van der Waals surface area contributed by atoms with Crippen molar-refractivity contribution in [1.82, 2.24) is 20.1 Å². The lowest BCUT2D eigenvalue weighted by Crippen LogP contribution is -2.39. The first-order chi connectivity index (χ1) is 9.97. The fourth-order valence-electron chi connectivity index (χ4n) is 2.38. The number of rotatable bonds is 5. The third kappa shape index (κ3) is 3.77. The molecule has 0 saturated heterocycles. The van der Waals surface area contributed by atoms with Gasteiger partial charge in [0.05, 0.1) is 0 Å². The van der Waals surface area contributed by atoms with E-state index < -0.39 is 17.7 Å². The van der Waals surface area contributed by atoms with Gasteiger partial charge in [-0.2, -0.15) is 4.98 Å². The number of hydrogen-bond donors (Lipinski definition) is 3. The number of amides is 2. The first-order valence-electron chi connectivity index (χ1n) is 6.74. The average molecular weight is 295 g/mol. The van der Waals surface area contributed by atoms with Crippen molar-refractivity contribution < 1.29 is 19.5 Å². The van der Waals surface area contributed by atoms with Gasteiger partial charge in [-0.1, -0.05) is 19.3 Å². The number of nitrogens with one attached hydrogen (secondary N) is 1. The minimum absolute atomic E-state index is 0.116. The maximum Gasteiger partial charge on any atom is 0.375 e. The predicted octanol–water partition coefficient (Wildman–Crippen LogP) is -0.476. The molecule has 1 aromatic heterocycles. The zero-order valence-electron chi connectivity index (χ0n) is 11.4. The van der Waals surface area contributed by atoms with Gasteiger partial charge < -0.3 is 16.2 Å². The molecule has 1 aliphatic rings. The molecule has 2 amide bonds. The Labute approximate surface area is 120 Å². The highest BCUT2D eigenvalue weighted by atomic mass is 16.4. The Hall–Kier alpha value is -2.45. The summed E-state index contributed by atoms with van der Waals surface area (Å²) in [5, 5.41) is 15.3. The highest BCUT2D eigenvalue weighted by Crippen LogP contribution is 2.17. The van der Waals surface area contributed by atoms with Gasteiger partial charge in [0.25, 0.3) is 11.7 Å². The van der Waals surface area contributed by atoms with Crippen LogP contribution < -0.4 is 11.1 Å². The van der Waals surface area contributed by atoms with Crippen LogP contribution in [0.5, 0.6) is 0 Å². The second-order valence-corrected chi connectivity index (χ2v) is 4.99. The fraction of sp³-hybridized carbons (Fsp3) is 0.583. The lowest BCUT2D eigenvalue weighted by molar-refractivity contribution is -0.122. The number of carbonyl (C=O) groups is 3. The van der Waals surface area contributed by atoms with E-state index >= 15 is 0 Å². The van der Waals surface area contributed by atoms with Crippen molar-refractivity contribution in [2.75, 3.05) is 0 Å². The van der Waals surface area contributed by atoms with Crippen LogP contribution in [0.4, 0.5) is 0 Å². The summed E-state index contributed by atoms with van der Waals surface area (Å²) < 4.78 is 0.921. The molecule has 114 valence electrons. The average Bonchev–Trinajstić information content (AvgIpc) is 2.84. The molecule has 1 aromatic rings. The highest BCUT2D eigenvalue weighted by Gasteiger charge is 2.22. The monoisotopic (exact) mass is 295 g/mol. The van der Waals surface area contributed by atoms with Gasteiger partial charge in [-0.15, -0.1) is 5.10 Å². The topological polar surface area (TPSA) is 140 Å². The van der Waals surface area contributed by atoms with Gasteiger partial charge in [-0.25, -0.2) is 9.48 Å². The molecule has 4 N–H and O–H groups in total. The minimum Gasteiger partial charge on any atom is -0.475 e. The fourth-order valence-corrected chi connectivity index (χ4v) is 2.38.